The fourth-order valence-corrected chi connectivity index (χ4v) is 5.00. The Bertz CT molecular complexity index is 970. The topological polar surface area (TPSA) is 32.7 Å². The van der Waals surface area contributed by atoms with E-state index < -0.39 is 5.60 Å². The molecule has 3 aromatic rings. The van der Waals surface area contributed by atoms with Crippen molar-refractivity contribution in [2.24, 2.45) is 0 Å². The molecule has 0 aromatic heterocycles. The Hall–Kier alpha value is -1.98. The van der Waals surface area contributed by atoms with E-state index in [0.29, 0.717) is 18.1 Å². The van der Waals surface area contributed by atoms with Gasteiger partial charge in [0.05, 0.1) is 0 Å². The highest BCUT2D eigenvalue weighted by molar-refractivity contribution is 7.99. The molecule has 0 saturated carbocycles. The molecule has 0 radical (unpaired) electrons. The molecule has 3 aromatic carbocycles. The molecule has 0 aliphatic carbocycles. The van der Waals surface area contributed by atoms with E-state index in [1.165, 1.54) is 5.75 Å². The van der Waals surface area contributed by atoms with Gasteiger partial charge in [-0.15, -0.1) is 11.8 Å². The lowest BCUT2D eigenvalue weighted by Gasteiger charge is -2.30. The first-order chi connectivity index (χ1) is 15.0. The van der Waals surface area contributed by atoms with Crippen LogP contribution in [0.3, 0.4) is 0 Å². The van der Waals surface area contributed by atoms with Crippen LogP contribution in [0.2, 0.25) is 5.02 Å². The number of benzene rings is 3. The lowest BCUT2D eigenvalue weighted by Crippen LogP contribution is -2.30. The maximum absolute atomic E-state index is 11.9. The number of hydrogen-bond acceptors (Lipinski definition) is 4. The minimum Gasteiger partial charge on any atom is -0.492 e. The highest BCUT2D eigenvalue weighted by Gasteiger charge is 2.32. The van der Waals surface area contributed by atoms with E-state index in [2.05, 4.69) is 11.8 Å². The summed E-state index contributed by atoms with van der Waals surface area (Å²) in [6.45, 7) is 4.81. The third-order valence-corrected chi connectivity index (χ3v) is 7.01. The Kier molecular flexibility index (Phi) is 7.24. The van der Waals surface area contributed by atoms with Crippen LogP contribution in [0.15, 0.2) is 72.8 Å². The van der Waals surface area contributed by atoms with Crippen LogP contribution in [-0.2, 0) is 12.0 Å². The summed E-state index contributed by atoms with van der Waals surface area (Å²) in [7, 11) is 0. The van der Waals surface area contributed by atoms with Gasteiger partial charge in [-0.05, 0) is 47.9 Å². The second-order valence-corrected chi connectivity index (χ2v) is 9.57. The number of halogens is 1. The lowest BCUT2D eigenvalue weighted by atomic mass is 9.81. The molecule has 1 aliphatic rings. The molecule has 1 unspecified atom stereocenters. The molecule has 1 atom stereocenters. The molecule has 1 saturated heterocycles. The first-order valence-electron chi connectivity index (χ1n) is 10.6. The van der Waals surface area contributed by atoms with Crippen molar-refractivity contribution in [1.29, 1.82) is 0 Å². The van der Waals surface area contributed by atoms with Gasteiger partial charge in [0.15, 0.2) is 0 Å². The van der Waals surface area contributed by atoms with Crippen LogP contribution < -0.4 is 4.74 Å². The standard InChI is InChI=1S/C26H28ClNO2S/c1-20-2-6-22(7-3-20)26(29,18-21-4-10-24(27)11-5-21)23-8-12-25(13-9-23)30-16-14-28-15-17-31-19-28/h2-13,29H,14-19H2,1H3. The van der Waals surface area contributed by atoms with Crippen LogP contribution in [0.25, 0.3) is 0 Å². The van der Waals surface area contributed by atoms with E-state index >= 15 is 0 Å². The highest BCUT2D eigenvalue weighted by atomic mass is 35.5. The van der Waals surface area contributed by atoms with Crippen molar-refractivity contribution < 1.29 is 9.84 Å². The second-order valence-electron chi connectivity index (χ2n) is 8.06. The zero-order chi connectivity index (χ0) is 21.7. The fraction of sp³-hybridized carbons (Fsp3) is 0.308. The highest BCUT2D eigenvalue weighted by Crippen LogP contribution is 2.34. The normalized spacial score (nSPS) is 16.2. The minimum atomic E-state index is -1.15. The third kappa shape index (κ3) is 5.64. The van der Waals surface area contributed by atoms with Gasteiger partial charge in [0, 0.05) is 36.2 Å². The van der Waals surface area contributed by atoms with E-state index in [-0.39, 0.29) is 0 Å². The molecule has 0 spiro atoms. The Morgan fingerprint density at radius 1 is 0.968 bits per heavy atom. The van der Waals surface area contributed by atoms with E-state index in [0.717, 1.165) is 47.0 Å². The quantitative estimate of drug-likeness (QED) is 0.487. The predicted octanol–water partition coefficient (Wildman–Crippen LogP) is 5.51. The van der Waals surface area contributed by atoms with Gasteiger partial charge < -0.3 is 9.84 Å². The van der Waals surface area contributed by atoms with Crippen LogP contribution in [0.5, 0.6) is 5.75 Å². The van der Waals surface area contributed by atoms with Crippen LogP contribution in [0, 0.1) is 6.92 Å². The molecule has 5 heteroatoms. The van der Waals surface area contributed by atoms with E-state index in [4.69, 9.17) is 16.3 Å². The Morgan fingerprint density at radius 3 is 2.23 bits per heavy atom. The zero-order valence-electron chi connectivity index (χ0n) is 17.8. The number of ether oxygens (including phenoxy) is 1. The predicted molar refractivity (Wildman–Crippen MR) is 130 cm³/mol. The molecule has 31 heavy (non-hydrogen) atoms. The summed E-state index contributed by atoms with van der Waals surface area (Å²) >= 11 is 8.02. The molecular weight excluding hydrogens is 426 g/mol. The second kappa shape index (κ2) is 10.1. The van der Waals surface area contributed by atoms with Crippen molar-refractivity contribution in [3.05, 3.63) is 100 Å². The minimum absolute atomic E-state index is 0.458. The monoisotopic (exact) mass is 453 g/mol. The van der Waals surface area contributed by atoms with Crippen molar-refractivity contribution in [3.63, 3.8) is 0 Å². The summed E-state index contributed by atoms with van der Waals surface area (Å²) in [5.74, 6) is 3.13. The number of hydrogen-bond donors (Lipinski definition) is 1. The molecule has 1 fully saturated rings. The van der Waals surface area contributed by atoms with Gasteiger partial charge in [-0.1, -0.05) is 65.7 Å². The van der Waals surface area contributed by atoms with Gasteiger partial charge in [-0.2, -0.15) is 0 Å². The summed E-state index contributed by atoms with van der Waals surface area (Å²) in [5, 5.41) is 12.6. The van der Waals surface area contributed by atoms with Crippen molar-refractivity contribution in [3.8, 4) is 5.75 Å². The Morgan fingerprint density at radius 2 is 1.61 bits per heavy atom. The van der Waals surface area contributed by atoms with Crippen molar-refractivity contribution in [1.82, 2.24) is 4.90 Å². The van der Waals surface area contributed by atoms with E-state index in [1.807, 2.05) is 84.6 Å². The van der Waals surface area contributed by atoms with E-state index in [1.54, 1.807) is 0 Å². The largest absolute Gasteiger partial charge is 0.492 e. The average molecular weight is 454 g/mol. The summed E-state index contributed by atoms with van der Waals surface area (Å²) in [4.78, 5) is 2.40. The lowest BCUT2D eigenvalue weighted by molar-refractivity contribution is 0.0810. The molecule has 4 rings (SSSR count). The number of aryl methyl sites for hydroxylation is 1. The number of aliphatic hydroxyl groups is 1. The van der Waals surface area contributed by atoms with Gasteiger partial charge in [0.25, 0.3) is 0 Å². The third-order valence-electron chi connectivity index (χ3n) is 5.74. The Balaban J connectivity index is 1.54. The summed E-state index contributed by atoms with van der Waals surface area (Å²) in [6, 6.07) is 23.6. The summed E-state index contributed by atoms with van der Waals surface area (Å²) < 4.78 is 5.94. The van der Waals surface area contributed by atoms with Gasteiger partial charge in [0.1, 0.15) is 18.0 Å². The average Bonchev–Trinajstić information content (AvgIpc) is 3.30. The first-order valence-corrected chi connectivity index (χ1v) is 12.1. The number of thioether (sulfide) groups is 1. The van der Waals surface area contributed by atoms with Crippen molar-refractivity contribution in [2.75, 3.05) is 31.3 Å². The van der Waals surface area contributed by atoms with Gasteiger partial charge in [-0.25, -0.2) is 0 Å². The van der Waals surface area contributed by atoms with Crippen LogP contribution in [-0.4, -0.2) is 41.3 Å². The molecule has 0 amide bonds. The SMILES string of the molecule is Cc1ccc(C(O)(Cc2ccc(Cl)cc2)c2ccc(OCCN3CCSC3)cc2)cc1. The smallest absolute Gasteiger partial charge is 0.119 e. The molecular formula is C26H28ClNO2S. The van der Waals surface area contributed by atoms with Crippen LogP contribution in [0.4, 0.5) is 0 Å². The molecule has 162 valence electrons. The molecule has 1 N–H and O–H groups in total. The maximum atomic E-state index is 11.9. The fourth-order valence-electron chi connectivity index (χ4n) is 3.85. The molecule has 3 nitrogen and oxygen atoms in total. The summed E-state index contributed by atoms with van der Waals surface area (Å²) in [5.41, 5.74) is 2.75. The van der Waals surface area contributed by atoms with Crippen LogP contribution in [0.1, 0.15) is 22.3 Å². The first kappa shape index (κ1) is 22.2. The number of nitrogens with zero attached hydrogens (tertiary/aromatic N) is 1. The molecule has 1 heterocycles. The van der Waals surface area contributed by atoms with Gasteiger partial charge >= 0.3 is 0 Å². The molecule has 1 aliphatic heterocycles. The van der Waals surface area contributed by atoms with Gasteiger partial charge in [0.2, 0.25) is 0 Å². The van der Waals surface area contributed by atoms with Crippen molar-refractivity contribution in [2.45, 2.75) is 18.9 Å². The van der Waals surface area contributed by atoms with E-state index in [9.17, 15) is 5.11 Å². The Labute approximate surface area is 194 Å². The summed E-state index contributed by atoms with van der Waals surface area (Å²) in [6.07, 6.45) is 0.458. The number of rotatable bonds is 8. The maximum Gasteiger partial charge on any atom is 0.119 e. The van der Waals surface area contributed by atoms with Crippen molar-refractivity contribution >= 4 is 23.4 Å². The van der Waals surface area contributed by atoms with Gasteiger partial charge in [-0.3, -0.25) is 4.90 Å². The zero-order valence-corrected chi connectivity index (χ0v) is 19.3. The van der Waals surface area contributed by atoms with Crippen LogP contribution >= 0.6 is 23.4 Å². The molecule has 0 bridgehead atoms.